The number of rotatable bonds is 6. The van der Waals surface area contributed by atoms with Crippen molar-refractivity contribution in [3.8, 4) is 0 Å². The molecule has 1 N–H and O–H groups in total. The molecule has 1 saturated carbocycles. The summed E-state index contributed by atoms with van der Waals surface area (Å²) < 4.78 is 0. The van der Waals surface area contributed by atoms with Crippen molar-refractivity contribution in [3.63, 3.8) is 0 Å². The third-order valence-electron chi connectivity index (χ3n) is 2.94. The van der Waals surface area contributed by atoms with Crippen molar-refractivity contribution in [2.75, 3.05) is 5.75 Å². The molecule has 1 aliphatic rings. The molecule has 0 aliphatic heterocycles. The molecule has 0 aromatic carbocycles. The predicted molar refractivity (Wildman–Crippen MR) is 82.5 cm³/mol. The molecule has 0 bridgehead atoms. The van der Waals surface area contributed by atoms with Crippen molar-refractivity contribution in [3.05, 3.63) is 15.6 Å². The molecule has 0 spiro atoms. The number of hydrogen-bond donors (Lipinski definition) is 1. The van der Waals surface area contributed by atoms with Crippen molar-refractivity contribution in [1.29, 1.82) is 0 Å². The molecular weight excluding hydrogens is 260 g/mol. The van der Waals surface area contributed by atoms with Crippen LogP contribution in [0.2, 0.25) is 0 Å². The number of nitrogens with one attached hydrogen (secondary N) is 1. The van der Waals surface area contributed by atoms with E-state index in [1.54, 1.807) is 0 Å². The van der Waals surface area contributed by atoms with Crippen LogP contribution in [0.3, 0.4) is 0 Å². The first-order valence-corrected chi connectivity index (χ1v) is 8.78. The Morgan fingerprint density at radius 3 is 2.67 bits per heavy atom. The molecule has 0 amide bonds. The predicted octanol–water partition coefficient (Wildman–Crippen LogP) is 4.16. The quantitative estimate of drug-likeness (QED) is 0.849. The highest BCUT2D eigenvalue weighted by Crippen LogP contribution is 2.43. The number of thiazole rings is 1. The van der Waals surface area contributed by atoms with Crippen LogP contribution in [-0.2, 0) is 12.3 Å². The van der Waals surface area contributed by atoms with Crippen molar-refractivity contribution in [2.24, 2.45) is 0 Å². The molecule has 18 heavy (non-hydrogen) atoms. The third kappa shape index (κ3) is 4.25. The molecule has 1 aliphatic carbocycles. The molecule has 0 saturated heterocycles. The van der Waals surface area contributed by atoms with Gasteiger partial charge in [0.1, 0.15) is 5.01 Å². The molecule has 1 heterocycles. The summed E-state index contributed by atoms with van der Waals surface area (Å²) in [5.41, 5.74) is 1.58. The standard InChI is InChI=1S/C14H24N2S2/c1-5-17-9-12-16-13(10-6-7-10)11(18-12)8-15-14(2,3)4/h10,15H,5-9H2,1-4H3. The fraction of sp³-hybridized carbons (Fsp3) is 0.786. The zero-order valence-electron chi connectivity index (χ0n) is 11.9. The van der Waals surface area contributed by atoms with E-state index in [1.807, 2.05) is 23.1 Å². The number of nitrogens with zero attached hydrogens (tertiary/aromatic N) is 1. The monoisotopic (exact) mass is 284 g/mol. The highest BCUT2D eigenvalue weighted by atomic mass is 32.2. The largest absolute Gasteiger partial charge is 0.307 e. The van der Waals surface area contributed by atoms with Gasteiger partial charge in [-0.15, -0.1) is 11.3 Å². The van der Waals surface area contributed by atoms with E-state index in [9.17, 15) is 0 Å². The molecule has 2 rings (SSSR count). The van der Waals surface area contributed by atoms with Crippen molar-refractivity contribution in [2.45, 2.75) is 64.3 Å². The van der Waals surface area contributed by atoms with Gasteiger partial charge in [-0.3, -0.25) is 0 Å². The summed E-state index contributed by atoms with van der Waals surface area (Å²) in [7, 11) is 0. The smallest absolute Gasteiger partial charge is 0.103 e. The normalized spacial score (nSPS) is 16.2. The van der Waals surface area contributed by atoms with E-state index in [0.29, 0.717) is 0 Å². The Balaban J connectivity index is 2.04. The summed E-state index contributed by atoms with van der Waals surface area (Å²) in [6.07, 6.45) is 2.68. The van der Waals surface area contributed by atoms with Crippen LogP contribution in [0.25, 0.3) is 0 Å². The lowest BCUT2D eigenvalue weighted by Gasteiger charge is -2.20. The van der Waals surface area contributed by atoms with E-state index >= 15 is 0 Å². The lowest BCUT2D eigenvalue weighted by Crippen LogP contribution is -2.35. The summed E-state index contributed by atoms with van der Waals surface area (Å²) in [6.45, 7) is 9.85. The maximum Gasteiger partial charge on any atom is 0.103 e. The first kappa shape index (κ1) is 14.4. The highest BCUT2D eigenvalue weighted by Gasteiger charge is 2.29. The zero-order valence-corrected chi connectivity index (χ0v) is 13.5. The van der Waals surface area contributed by atoms with Gasteiger partial charge in [-0.05, 0) is 39.4 Å². The van der Waals surface area contributed by atoms with Gasteiger partial charge >= 0.3 is 0 Å². The molecule has 1 aromatic rings. The maximum atomic E-state index is 4.87. The SMILES string of the molecule is CCSCc1nc(C2CC2)c(CNC(C)(C)C)s1. The Kier molecular flexibility index (Phi) is 4.73. The molecule has 102 valence electrons. The van der Waals surface area contributed by atoms with Crippen LogP contribution in [0.5, 0.6) is 0 Å². The van der Waals surface area contributed by atoms with Gasteiger partial charge in [-0.1, -0.05) is 6.92 Å². The van der Waals surface area contributed by atoms with Gasteiger partial charge in [-0.2, -0.15) is 11.8 Å². The first-order chi connectivity index (χ1) is 8.49. The van der Waals surface area contributed by atoms with Gasteiger partial charge in [-0.25, -0.2) is 4.98 Å². The van der Waals surface area contributed by atoms with Gasteiger partial charge in [0.15, 0.2) is 0 Å². The van der Waals surface area contributed by atoms with Crippen LogP contribution in [0, 0.1) is 0 Å². The van der Waals surface area contributed by atoms with Crippen molar-refractivity contribution in [1.82, 2.24) is 10.3 Å². The summed E-state index contributed by atoms with van der Waals surface area (Å²) in [5, 5.41) is 4.91. The number of hydrogen-bond acceptors (Lipinski definition) is 4. The fourth-order valence-electron chi connectivity index (χ4n) is 1.81. The fourth-order valence-corrected chi connectivity index (χ4v) is 3.63. The van der Waals surface area contributed by atoms with Crippen LogP contribution in [0.15, 0.2) is 0 Å². The molecule has 4 heteroatoms. The van der Waals surface area contributed by atoms with Crippen LogP contribution in [0.1, 0.15) is 62.0 Å². The average molecular weight is 284 g/mol. The maximum absolute atomic E-state index is 4.87. The van der Waals surface area contributed by atoms with Crippen LogP contribution < -0.4 is 5.32 Å². The lowest BCUT2D eigenvalue weighted by atomic mass is 10.1. The third-order valence-corrected chi connectivity index (χ3v) is 5.08. The van der Waals surface area contributed by atoms with Gasteiger partial charge in [0.25, 0.3) is 0 Å². The Morgan fingerprint density at radius 1 is 1.39 bits per heavy atom. The zero-order chi connectivity index (χ0) is 13.2. The van der Waals surface area contributed by atoms with Crippen LogP contribution in [-0.4, -0.2) is 16.3 Å². The molecular formula is C14H24N2S2. The van der Waals surface area contributed by atoms with E-state index in [-0.39, 0.29) is 5.54 Å². The molecule has 1 fully saturated rings. The van der Waals surface area contributed by atoms with E-state index in [1.165, 1.54) is 34.2 Å². The summed E-state index contributed by atoms with van der Waals surface area (Å²) in [6, 6.07) is 0. The molecule has 0 radical (unpaired) electrons. The second kappa shape index (κ2) is 5.93. The van der Waals surface area contributed by atoms with Gasteiger partial charge in [0.05, 0.1) is 5.69 Å². The molecule has 1 aromatic heterocycles. The van der Waals surface area contributed by atoms with Crippen LogP contribution in [0.4, 0.5) is 0 Å². The summed E-state index contributed by atoms with van der Waals surface area (Å²) in [5.74, 6) is 3.02. The summed E-state index contributed by atoms with van der Waals surface area (Å²) >= 11 is 3.88. The molecule has 2 nitrogen and oxygen atoms in total. The minimum atomic E-state index is 0.184. The Labute approximate surface area is 119 Å². The van der Waals surface area contributed by atoms with Gasteiger partial charge < -0.3 is 5.32 Å². The summed E-state index contributed by atoms with van der Waals surface area (Å²) in [4.78, 5) is 6.34. The average Bonchev–Trinajstić information content (AvgIpc) is 3.05. The topological polar surface area (TPSA) is 24.9 Å². The lowest BCUT2D eigenvalue weighted by molar-refractivity contribution is 0.425. The Hall–Kier alpha value is -0.0600. The molecule has 0 atom stereocenters. The Morgan fingerprint density at radius 2 is 2.11 bits per heavy atom. The van der Waals surface area contributed by atoms with Crippen LogP contribution >= 0.6 is 23.1 Å². The first-order valence-electron chi connectivity index (χ1n) is 6.81. The van der Waals surface area contributed by atoms with Gasteiger partial charge in [0.2, 0.25) is 0 Å². The molecule has 0 unspecified atom stereocenters. The van der Waals surface area contributed by atoms with E-state index in [4.69, 9.17) is 4.98 Å². The second-order valence-corrected chi connectivity index (χ2v) is 8.37. The van der Waals surface area contributed by atoms with Gasteiger partial charge in [0, 0.05) is 28.6 Å². The second-order valence-electron chi connectivity index (χ2n) is 5.93. The van der Waals surface area contributed by atoms with E-state index in [2.05, 4.69) is 33.0 Å². The number of thioether (sulfide) groups is 1. The minimum absolute atomic E-state index is 0.184. The number of aromatic nitrogens is 1. The van der Waals surface area contributed by atoms with E-state index in [0.717, 1.165) is 18.2 Å². The van der Waals surface area contributed by atoms with Crippen molar-refractivity contribution < 1.29 is 0 Å². The van der Waals surface area contributed by atoms with Crippen molar-refractivity contribution >= 4 is 23.1 Å². The highest BCUT2D eigenvalue weighted by molar-refractivity contribution is 7.98. The minimum Gasteiger partial charge on any atom is -0.307 e. The van der Waals surface area contributed by atoms with E-state index < -0.39 is 0 Å². The Bertz CT molecular complexity index is 389.